The van der Waals surface area contributed by atoms with Crippen LogP contribution >= 0.6 is 0 Å². The predicted molar refractivity (Wildman–Crippen MR) is 112 cm³/mol. The molecular formula is C24H24N2O3. The highest BCUT2D eigenvalue weighted by molar-refractivity contribution is 5.97. The number of aliphatic hydroxyl groups is 1. The molecule has 1 aromatic heterocycles. The van der Waals surface area contributed by atoms with Gasteiger partial charge in [-0.15, -0.1) is 0 Å². The lowest BCUT2D eigenvalue weighted by Gasteiger charge is -2.43. The number of hydrogen-bond acceptors (Lipinski definition) is 3. The van der Waals surface area contributed by atoms with Crippen LogP contribution in [0.15, 0.2) is 59.9 Å². The molecule has 0 bridgehead atoms. The van der Waals surface area contributed by atoms with E-state index in [0.29, 0.717) is 12.1 Å². The second-order valence-electron chi connectivity index (χ2n) is 7.89. The van der Waals surface area contributed by atoms with Crippen molar-refractivity contribution in [2.24, 2.45) is 0 Å². The van der Waals surface area contributed by atoms with Crippen molar-refractivity contribution in [1.29, 1.82) is 0 Å². The maximum atomic E-state index is 13.4. The van der Waals surface area contributed by atoms with Crippen LogP contribution in [0, 0.1) is 0 Å². The SMILES string of the molecule is COc1ccc2[nH]c3c(c2c1)CCN1C(=O)/C(=C(/C)O)[C@H](c2ccccc2)C[C@@H]31. The minimum atomic E-state index is -0.123. The molecule has 1 amide bonds. The number of rotatable bonds is 2. The monoisotopic (exact) mass is 388 g/mol. The van der Waals surface area contributed by atoms with E-state index >= 15 is 0 Å². The van der Waals surface area contributed by atoms with Crippen LogP contribution in [-0.2, 0) is 11.2 Å². The fourth-order valence-electron chi connectivity index (χ4n) is 5.00. The molecule has 5 nitrogen and oxygen atoms in total. The van der Waals surface area contributed by atoms with Gasteiger partial charge >= 0.3 is 0 Å². The van der Waals surface area contributed by atoms with Crippen LogP contribution in [0.5, 0.6) is 5.75 Å². The Kier molecular flexibility index (Phi) is 4.12. The van der Waals surface area contributed by atoms with Gasteiger partial charge < -0.3 is 19.7 Å². The van der Waals surface area contributed by atoms with Crippen LogP contribution in [0.4, 0.5) is 0 Å². The molecule has 0 unspecified atom stereocenters. The Hall–Kier alpha value is -3.21. The first-order valence-electron chi connectivity index (χ1n) is 10.0. The Bertz CT molecular complexity index is 1130. The molecule has 1 fully saturated rings. The average Bonchev–Trinajstić information content (AvgIpc) is 3.12. The number of aromatic nitrogens is 1. The Balaban J connectivity index is 1.64. The van der Waals surface area contributed by atoms with Crippen LogP contribution in [0.1, 0.15) is 42.1 Å². The first kappa shape index (κ1) is 17.9. The van der Waals surface area contributed by atoms with E-state index in [4.69, 9.17) is 4.74 Å². The molecule has 5 heteroatoms. The number of carbonyl (C=O) groups excluding carboxylic acids is 1. The normalized spacial score (nSPS) is 23.0. The summed E-state index contributed by atoms with van der Waals surface area (Å²) >= 11 is 0. The molecule has 1 saturated heterocycles. The van der Waals surface area contributed by atoms with Gasteiger partial charge in [-0.1, -0.05) is 30.3 Å². The average molecular weight is 388 g/mol. The summed E-state index contributed by atoms with van der Waals surface area (Å²) in [6.07, 6.45) is 1.54. The highest BCUT2D eigenvalue weighted by atomic mass is 16.5. The fraction of sp³-hybridized carbons (Fsp3) is 0.292. The van der Waals surface area contributed by atoms with Crippen molar-refractivity contribution >= 4 is 16.8 Å². The standard InChI is InChI=1S/C24H24N2O3/c1-14(27)22-18(15-6-4-3-5-7-15)13-21-23-17(10-11-26(21)24(22)28)19-12-16(29-2)8-9-20(19)25-23/h3-9,12,18,21,25,27H,10-11,13H2,1-2H3/b22-14-/t18-,21-/m0/s1. The number of nitrogens with zero attached hydrogens (tertiary/aromatic N) is 1. The molecule has 2 atom stereocenters. The number of fused-ring (bicyclic) bond motifs is 5. The topological polar surface area (TPSA) is 65.6 Å². The van der Waals surface area contributed by atoms with Gasteiger partial charge in [-0.05, 0) is 49.1 Å². The largest absolute Gasteiger partial charge is 0.512 e. The summed E-state index contributed by atoms with van der Waals surface area (Å²) in [6, 6.07) is 16.1. The molecule has 0 spiro atoms. The zero-order valence-electron chi connectivity index (χ0n) is 16.6. The van der Waals surface area contributed by atoms with Gasteiger partial charge in [0.05, 0.1) is 24.5 Å². The molecule has 2 N–H and O–H groups in total. The van der Waals surface area contributed by atoms with Crippen molar-refractivity contribution in [2.75, 3.05) is 13.7 Å². The highest BCUT2D eigenvalue weighted by Gasteiger charge is 2.43. The zero-order chi connectivity index (χ0) is 20.1. The minimum Gasteiger partial charge on any atom is -0.512 e. The summed E-state index contributed by atoms with van der Waals surface area (Å²) in [5.41, 5.74) is 5.04. The first-order chi connectivity index (χ1) is 14.1. The third-order valence-corrected chi connectivity index (χ3v) is 6.35. The molecule has 3 heterocycles. The van der Waals surface area contributed by atoms with Gasteiger partial charge in [0.25, 0.3) is 5.91 Å². The molecule has 3 aromatic rings. The van der Waals surface area contributed by atoms with Crippen molar-refractivity contribution in [2.45, 2.75) is 31.7 Å². The van der Waals surface area contributed by atoms with Crippen molar-refractivity contribution in [3.05, 3.63) is 76.7 Å². The molecule has 148 valence electrons. The Morgan fingerprint density at radius 2 is 2.00 bits per heavy atom. The van der Waals surface area contributed by atoms with Crippen molar-refractivity contribution in [3.8, 4) is 5.75 Å². The molecule has 2 aliphatic rings. The van der Waals surface area contributed by atoms with E-state index in [2.05, 4.69) is 11.1 Å². The van der Waals surface area contributed by atoms with E-state index in [1.807, 2.05) is 47.4 Å². The summed E-state index contributed by atoms with van der Waals surface area (Å²) in [6.45, 7) is 2.27. The number of aromatic amines is 1. The van der Waals surface area contributed by atoms with Gasteiger partial charge in [-0.2, -0.15) is 0 Å². The minimum absolute atomic E-state index is 0.0297. The first-order valence-corrected chi connectivity index (χ1v) is 10.0. The number of H-pyrrole nitrogens is 1. The number of aliphatic hydroxyl groups excluding tert-OH is 1. The van der Waals surface area contributed by atoms with E-state index in [1.54, 1.807) is 14.0 Å². The zero-order valence-corrected chi connectivity index (χ0v) is 16.6. The van der Waals surface area contributed by atoms with Gasteiger partial charge in [0.2, 0.25) is 0 Å². The number of methoxy groups -OCH3 is 1. The molecule has 0 aliphatic carbocycles. The van der Waals surface area contributed by atoms with Gasteiger partial charge in [0.15, 0.2) is 0 Å². The quantitative estimate of drug-likeness (QED) is 0.497. The lowest BCUT2D eigenvalue weighted by atomic mass is 9.77. The van der Waals surface area contributed by atoms with Gasteiger partial charge in [0.1, 0.15) is 5.75 Å². The van der Waals surface area contributed by atoms with Crippen molar-refractivity contribution < 1.29 is 14.6 Å². The molecule has 2 aromatic carbocycles. The lowest BCUT2D eigenvalue weighted by Crippen LogP contribution is -2.46. The fourth-order valence-corrected chi connectivity index (χ4v) is 5.00. The number of piperidine rings is 1. The Morgan fingerprint density at radius 3 is 2.72 bits per heavy atom. The van der Waals surface area contributed by atoms with Crippen LogP contribution in [0.25, 0.3) is 10.9 Å². The number of carbonyl (C=O) groups is 1. The van der Waals surface area contributed by atoms with Crippen LogP contribution in [-0.4, -0.2) is 34.6 Å². The van der Waals surface area contributed by atoms with Crippen molar-refractivity contribution in [3.63, 3.8) is 0 Å². The summed E-state index contributed by atoms with van der Waals surface area (Å²) in [4.78, 5) is 18.9. The van der Waals surface area contributed by atoms with Gasteiger partial charge in [-0.25, -0.2) is 0 Å². The Morgan fingerprint density at radius 1 is 1.21 bits per heavy atom. The van der Waals surface area contributed by atoms with Gasteiger partial charge in [-0.3, -0.25) is 4.79 Å². The summed E-state index contributed by atoms with van der Waals surface area (Å²) in [7, 11) is 1.68. The third-order valence-electron chi connectivity index (χ3n) is 6.35. The van der Waals surface area contributed by atoms with E-state index in [9.17, 15) is 9.90 Å². The predicted octanol–water partition coefficient (Wildman–Crippen LogP) is 4.62. The van der Waals surface area contributed by atoms with Gasteiger partial charge in [0, 0.05) is 29.1 Å². The molecule has 0 radical (unpaired) electrons. The third kappa shape index (κ3) is 2.72. The molecule has 2 aliphatic heterocycles. The van der Waals surface area contributed by atoms with Crippen molar-refractivity contribution in [1.82, 2.24) is 9.88 Å². The summed E-state index contributed by atoms with van der Waals surface area (Å²) in [5, 5.41) is 11.5. The summed E-state index contributed by atoms with van der Waals surface area (Å²) < 4.78 is 5.41. The number of benzene rings is 2. The van der Waals surface area contributed by atoms with E-state index in [0.717, 1.165) is 35.4 Å². The van der Waals surface area contributed by atoms with E-state index in [1.165, 1.54) is 10.9 Å². The van der Waals surface area contributed by atoms with E-state index < -0.39 is 0 Å². The maximum Gasteiger partial charge on any atom is 0.254 e. The maximum absolute atomic E-state index is 13.4. The summed E-state index contributed by atoms with van der Waals surface area (Å²) in [5.74, 6) is 0.776. The Labute approximate surface area is 169 Å². The lowest BCUT2D eigenvalue weighted by molar-refractivity contribution is -0.133. The number of amides is 1. The van der Waals surface area contributed by atoms with E-state index in [-0.39, 0.29) is 23.6 Å². The number of hydrogen-bond donors (Lipinski definition) is 2. The second kappa shape index (κ2) is 6.69. The molecule has 5 rings (SSSR count). The number of allylic oxidation sites excluding steroid dienone is 1. The highest BCUT2D eigenvalue weighted by Crippen LogP contribution is 2.47. The smallest absolute Gasteiger partial charge is 0.254 e. The number of nitrogens with one attached hydrogen (secondary N) is 1. The van der Waals surface area contributed by atoms with Crippen LogP contribution < -0.4 is 4.74 Å². The van der Waals surface area contributed by atoms with Crippen LogP contribution in [0.2, 0.25) is 0 Å². The van der Waals surface area contributed by atoms with Crippen LogP contribution in [0.3, 0.4) is 0 Å². The molecular weight excluding hydrogens is 364 g/mol. The molecule has 29 heavy (non-hydrogen) atoms. The molecule has 0 saturated carbocycles. The number of ether oxygens (including phenoxy) is 1. The second-order valence-corrected chi connectivity index (χ2v) is 7.89.